The fourth-order valence-corrected chi connectivity index (χ4v) is 3.96. The SMILES string of the molecule is COC(=O)COc1ccc(Br)cc1/C=C1/SC(=O)N(CC(=O)Nc2ccc(OC)cc2)C1=O. The molecule has 1 aliphatic heterocycles. The predicted molar refractivity (Wildman–Crippen MR) is 126 cm³/mol. The summed E-state index contributed by atoms with van der Waals surface area (Å²) in [7, 11) is 2.78. The monoisotopic (exact) mass is 534 g/mol. The number of nitrogens with zero attached hydrogens (tertiary/aromatic N) is 1. The van der Waals surface area contributed by atoms with E-state index in [0.717, 1.165) is 4.90 Å². The number of carbonyl (C=O) groups is 4. The Hall–Kier alpha value is -3.31. The molecule has 0 bridgehead atoms. The van der Waals surface area contributed by atoms with Crippen LogP contribution in [0.2, 0.25) is 0 Å². The van der Waals surface area contributed by atoms with Crippen LogP contribution in [0.4, 0.5) is 10.5 Å². The van der Waals surface area contributed by atoms with Gasteiger partial charge in [-0.2, -0.15) is 0 Å². The topological polar surface area (TPSA) is 111 Å². The van der Waals surface area contributed by atoms with Crippen molar-refractivity contribution in [2.24, 2.45) is 0 Å². The van der Waals surface area contributed by atoms with Gasteiger partial charge in [0.15, 0.2) is 6.61 Å². The second-order valence-corrected chi connectivity index (χ2v) is 8.50. The molecule has 0 atom stereocenters. The lowest BCUT2D eigenvalue weighted by atomic mass is 10.2. The van der Waals surface area contributed by atoms with Gasteiger partial charge in [-0.3, -0.25) is 19.3 Å². The zero-order valence-corrected chi connectivity index (χ0v) is 20.0. The van der Waals surface area contributed by atoms with Gasteiger partial charge in [0.25, 0.3) is 11.1 Å². The number of amides is 3. The fourth-order valence-electron chi connectivity index (χ4n) is 2.76. The lowest BCUT2D eigenvalue weighted by molar-refractivity contribution is -0.142. The number of hydrogen-bond acceptors (Lipinski definition) is 8. The lowest BCUT2D eigenvalue weighted by Crippen LogP contribution is -2.36. The third-order valence-electron chi connectivity index (χ3n) is 4.38. The van der Waals surface area contributed by atoms with Gasteiger partial charge in [-0.05, 0) is 60.3 Å². The second-order valence-electron chi connectivity index (χ2n) is 6.59. The van der Waals surface area contributed by atoms with Crippen LogP contribution in [-0.4, -0.2) is 55.3 Å². The Kier molecular flexibility index (Phi) is 8.12. The number of esters is 1. The fraction of sp³-hybridized carbons (Fsp3) is 0.182. The van der Waals surface area contributed by atoms with Crippen molar-refractivity contribution in [3.05, 3.63) is 57.4 Å². The summed E-state index contributed by atoms with van der Waals surface area (Å²) in [6, 6.07) is 11.6. The molecule has 2 aromatic carbocycles. The van der Waals surface area contributed by atoms with Gasteiger partial charge in [-0.25, -0.2) is 4.79 Å². The first-order valence-electron chi connectivity index (χ1n) is 9.49. The molecule has 33 heavy (non-hydrogen) atoms. The molecule has 9 nitrogen and oxygen atoms in total. The van der Waals surface area contributed by atoms with Crippen molar-refractivity contribution in [2.45, 2.75) is 0 Å². The number of imide groups is 1. The highest BCUT2D eigenvalue weighted by atomic mass is 79.9. The lowest BCUT2D eigenvalue weighted by Gasteiger charge is -2.13. The van der Waals surface area contributed by atoms with Crippen LogP contribution < -0.4 is 14.8 Å². The van der Waals surface area contributed by atoms with Gasteiger partial charge >= 0.3 is 5.97 Å². The average Bonchev–Trinajstić information content (AvgIpc) is 3.06. The van der Waals surface area contributed by atoms with Crippen molar-refractivity contribution in [3.63, 3.8) is 0 Å². The number of halogens is 1. The zero-order chi connectivity index (χ0) is 24.0. The molecule has 3 rings (SSSR count). The molecule has 172 valence electrons. The Labute approximate surface area is 202 Å². The molecule has 2 aromatic rings. The molecule has 11 heteroatoms. The van der Waals surface area contributed by atoms with E-state index >= 15 is 0 Å². The molecular weight excluding hydrogens is 516 g/mol. The van der Waals surface area contributed by atoms with Crippen molar-refractivity contribution in [2.75, 3.05) is 32.7 Å². The van der Waals surface area contributed by atoms with Gasteiger partial charge in [0.05, 0.1) is 19.1 Å². The van der Waals surface area contributed by atoms with Gasteiger partial charge in [0, 0.05) is 15.7 Å². The average molecular weight is 535 g/mol. The number of thioether (sulfide) groups is 1. The molecular formula is C22H19BrN2O7S. The first kappa shape index (κ1) is 24.3. The first-order chi connectivity index (χ1) is 15.8. The second kappa shape index (κ2) is 11.0. The van der Waals surface area contributed by atoms with E-state index in [-0.39, 0.29) is 11.5 Å². The summed E-state index contributed by atoms with van der Waals surface area (Å²) < 4.78 is 15.8. The summed E-state index contributed by atoms with van der Waals surface area (Å²) in [6.07, 6.45) is 1.48. The van der Waals surface area contributed by atoms with Gasteiger partial charge in [0.1, 0.15) is 18.0 Å². The largest absolute Gasteiger partial charge is 0.497 e. The molecule has 1 aliphatic rings. The number of carbonyl (C=O) groups excluding carboxylic acids is 4. The minimum atomic E-state index is -0.603. The summed E-state index contributed by atoms with van der Waals surface area (Å²) in [5.74, 6) is -0.728. The predicted octanol–water partition coefficient (Wildman–Crippen LogP) is 3.68. The van der Waals surface area contributed by atoms with Crippen LogP contribution >= 0.6 is 27.7 Å². The summed E-state index contributed by atoms with van der Waals surface area (Å²) in [4.78, 5) is 49.9. The molecule has 1 saturated heterocycles. The number of methoxy groups -OCH3 is 2. The number of ether oxygens (including phenoxy) is 3. The smallest absolute Gasteiger partial charge is 0.343 e. The van der Waals surface area contributed by atoms with E-state index in [9.17, 15) is 19.2 Å². The van der Waals surface area contributed by atoms with Crippen molar-refractivity contribution in [3.8, 4) is 11.5 Å². The maximum Gasteiger partial charge on any atom is 0.343 e. The quantitative estimate of drug-likeness (QED) is 0.403. The maximum absolute atomic E-state index is 12.8. The van der Waals surface area contributed by atoms with Crippen molar-refractivity contribution >= 4 is 62.5 Å². The van der Waals surface area contributed by atoms with Crippen molar-refractivity contribution in [1.29, 1.82) is 0 Å². The van der Waals surface area contributed by atoms with Crippen molar-refractivity contribution in [1.82, 2.24) is 4.90 Å². The Morgan fingerprint density at radius 2 is 1.85 bits per heavy atom. The van der Waals surface area contributed by atoms with E-state index in [0.29, 0.717) is 39.0 Å². The van der Waals surface area contributed by atoms with Crippen LogP contribution in [0.1, 0.15) is 5.56 Å². The van der Waals surface area contributed by atoms with E-state index in [1.807, 2.05) is 0 Å². The Morgan fingerprint density at radius 3 is 2.52 bits per heavy atom. The standard InChI is InChI=1S/C22H19BrN2O7S/c1-30-16-6-4-15(5-7-16)24-19(26)11-25-21(28)18(33-22(25)29)10-13-9-14(23)3-8-17(13)32-12-20(27)31-2/h3-10H,11-12H2,1-2H3,(H,24,26)/b18-10+. The third-order valence-corrected chi connectivity index (χ3v) is 5.78. The first-order valence-corrected chi connectivity index (χ1v) is 11.1. The molecule has 1 heterocycles. The van der Waals surface area contributed by atoms with E-state index < -0.39 is 29.6 Å². The maximum atomic E-state index is 12.8. The van der Waals surface area contributed by atoms with E-state index in [4.69, 9.17) is 9.47 Å². The van der Waals surface area contributed by atoms with Crippen LogP contribution in [0.15, 0.2) is 51.8 Å². The highest BCUT2D eigenvalue weighted by Gasteiger charge is 2.36. The molecule has 1 fully saturated rings. The number of nitrogens with one attached hydrogen (secondary N) is 1. The summed E-state index contributed by atoms with van der Waals surface area (Å²) in [5, 5.41) is 2.07. The Morgan fingerprint density at radius 1 is 1.12 bits per heavy atom. The minimum Gasteiger partial charge on any atom is -0.497 e. The van der Waals surface area contributed by atoms with Crippen LogP contribution in [0.5, 0.6) is 11.5 Å². The molecule has 0 aliphatic carbocycles. The molecule has 0 unspecified atom stereocenters. The van der Waals surface area contributed by atoms with Gasteiger partial charge in [-0.1, -0.05) is 15.9 Å². The van der Waals surface area contributed by atoms with Gasteiger partial charge in [0.2, 0.25) is 5.91 Å². The van der Waals surface area contributed by atoms with Gasteiger partial charge in [-0.15, -0.1) is 0 Å². The Balaban J connectivity index is 1.72. The molecule has 0 aromatic heterocycles. The van der Waals surface area contributed by atoms with Crippen molar-refractivity contribution < 1.29 is 33.4 Å². The van der Waals surface area contributed by atoms with E-state index in [2.05, 4.69) is 26.0 Å². The number of anilines is 1. The molecule has 0 spiro atoms. The summed E-state index contributed by atoms with van der Waals surface area (Å²) >= 11 is 4.06. The Bertz CT molecular complexity index is 1120. The van der Waals surface area contributed by atoms with Crippen LogP contribution in [0.25, 0.3) is 6.08 Å². The number of rotatable bonds is 8. The van der Waals surface area contributed by atoms with E-state index in [1.54, 1.807) is 42.5 Å². The summed E-state index contributed by atoms with van der Waals surface area (Å²) in [5.41, 5.74) is 0.978. The normalized spacial score (nSPS) is 14.4. The number of hydrogen-bond donors (Lipinski definition) is 1. The van der Waals surface area contributed by atoms with Crippen LogP contribution in [0.3, 0.4) is 0 Å². The summed E-state index contributed by atoms with van der Waals surface area (Å²) in [6.45, 7) is -0.746. The number of benzene rings is 2. The highest BCUT2D eigenvalue weighted by molar-refractivity contribution is 9.10. The molecule has 0 radical (unpaired) electrons. The van der Waals surface area contributed by atoms with Gasteiger partial charge < -0.3 is 19.5 Å². The van der Waals surface area contributed by atoms with Crippen LogP contribution in [0, 0.1) is 0 Å². The third kappa shape index (κ3) is 6.36. The van der Waals surface area contributed by atoms with E-state index in [1.165, 1.54) is 20.3 Å². The zero-order valence-electron chi connectivity index (χ0n) is 17.6. The van der Waals surface area contributed by atoms with Crippen LogP contribution in [-0.2, 0) is 19.1 Å². The minimum absolute atomic E-state index is 0.123. The molecule has 0 saturated carbocycles. The molecule has 3 amide bonds. The molecule has 1 N–H and O–H groups in total. The highest BCUT2D eigenvalue weighted by Crippen LogP contribution is 2.35.